The second-order valence-electron chi connectivity index (χ2n) is 4.40. The minimum absolute atomic E-state index is 0.865. The third kappa shape index (κ3) is 3.29. The maximum atomic E-state index is 4.12. The summed E-state index contributed by atoms with van der Waals surface area (Å²) in [6, 6.07) is 4.15. The van der Waals surface area contributed by atoms with E-state index >= 15 is 0 Å². The van der Waals surface area contributed by atoms with Gasteiger partial charge in [-0.05, 0) is 31.0 Å². The number of aromatic nitrogens is 1. The first-order valence-electron chi connectivity index (χ1n) is 5.63. The first kappa shape index (κ1) is 10.6. The van der Waals surface area contributed by atoms with Crippen molar-refractivity contribution < 1.29 is 0 Å². The Morgan fingerprint density at radius 1 is 1.53 bits per heavy atom. The van der Waals surface area contributed by atoms with Crippen molar-refractivity contribution in [3.8, 4) is 0 Å². The summed E-state index contributed by atoms with van der Waals surface area (Å²) < 4.78 is 0. The molecule has 3 nitrogen and oxygen atoms in total. The molecular weight excluding hydrogens is 186 g/mol. The molecule has 1 aliphatic rings. The summed E-state index contributed by atoms with van der Waals surface area (Å²) in [6.07, 6.45) is 4.89. The minimum atomic E-state index is 0.865. The fourth-order valence-corrected chi connectivity index (χ4v) is 1.88. The van der Waals surface area contributed by atoms with Crippen LogP contribution >= 0.6 is 0 Å². The highest BCUT2D eigenvalue weighted by molar-refractivity contribution is 5.08. The molecule has 0 aliphatic carbocycles. The Labute approximate surface area is 91.5 Å². The van der Waals surface area contributed by atoms with Crippen LogP contribution in [-0.4, -0.2) is 43.1 Å². The van der Waals surface area contributed by atoms with Gasteiger partial charge in [0.15, 0.2) is 0 Å². The molecule has 1 aromatic heterocycles. The van der Waals surface area contributed by atoms with Crippen molar-refractivity contribution in [3.05, 3.63) is 30.1 Å². The molecule has 82 valence electrons. The van der Waals surface area contributed by atoms with Gasteiger partial charge < -0.3 is 10.2 Å². The number of likely N-dealkylation sites (N-methyl/N-ethyl adjacent to an activating group) is 1. The van der Waals surface area contributed by atoms with E-state index in [0.29, 0.717) is 0 Å². The quantitative estimate of drug-likeness (QED) is 0.770. The van der Waals surface area contributed by atoms with Crippen molar-refractivity contribution in [2.75, 3.05) is 33.2 Å². The zero-order chi connectivity index (χ0) is 10.5. The summed E-state index contributed by atoms with van der Waals surface area (Å²) >= 11 is 0. The maximum Gasteiger partial charge on any atom is 0.0300 e. The Balaban J connectivity index is 1.68. The van der Waals surface area contributed by atoms with Crippen LogP contribution in [0.15, 0.2) is 24.5 Å². The molecule has 0 spiro atoms. The molecule has 0 bridgehead atoms. The van der Waals surface area contributed by atoms with E-state index in [4.69, 9.17) is 0 Å². The molecule has 0 radical (unpaired) electrons. The summed E-state index contributed by atoms with van der Waals surface area (Å²) in [6.45, 7) is 4.73. The van der Waals surface area contributed by atoms with E-state index < -0.39 is 0 Å². The van der Waals surface area contributed by atoms with E-state index in [0.717, 1.165) is 18.9 Å². The van der Waals surface area contributed by atoms with Gasteiger partial charge in [-0.25, -0.2) is 0 Å². The minimum Gasteiger partial charge on any atom is -0.316 e. The highest BCUT2D eigenvalue weighted by Crippen LogP contribution is 2.05. The van der Waals surface area contributed by atoms with E-state index in [1.165, 1.54) is 25.2 Å². The fourth-order valence-electron chi connectivity index (χ4n) is 1.88. The van der Waals surface area contributed by atoms with Crippen LogP contribution in [0.25, 0.3) is 0 Å². The highest BCUT2D eigenvalue weighted by Gasteiger charge is 2.17. The molecule has 1 N–H and O–H groups in total. The van der Waals surface area contributed by atoms with Crippen LogP contribution in [0, 0.1) is 5.92 Å². The zero-order valence-corrected chi connectivity index (χ0v) is 9.32. The average molecular weight is 205 g/mol. The van der Waals surface area contributed by atoms with Crippen LogP contribution in [0.2, 0.25) is 0 Å². The molecule has 0 unspecified atom stereocenters. The maximum absolute atomic E-state index is 4.12. The summed E-state index contributed by atoms with van der Waals surface area (Å²) in [5.41, 5.74) is 1.33. The monoisotopic (exact) mass is 205 g/mol. The second kappa shape index (κ2) is 5.24. The third-order valence-corrected chi connectivity index (χ3v) is 2.94. The van der Waals surface area contributed by atoms with Crippen LogP contribution < -0.4 is 5.32 Å². The zero-order valence-electron chi connectivity index (χ0n) is 9.32. The summed E-state index contributed by atoms with van der Waals surface area (Å²) in [7, 11) is 2.20. The van der Waals surface area contributed by atoms with Gasteiger partial charge in [-0.1, -0.05) is 6.07 Å². The van der Waals surface area contributed by atoms with Gasteiger partial charge in [0.25, 0.3) is 0 Å². The number of rotatable bonds is 5. The Bertz CT molecular complexity index is 282. The van der Waals surface area contributed by atoms with Gasteiger partial charge in [0.2, 0.25) is 0 Å². The molecule has 0 saturated carbocycles. The Kier molecular flexibility index (Phi) is 3.69. The van der Waals surface area contributed by atoms with E-state index in [1.54, 1.807) is 0 Å². The Hall–Kier alpha value is -0.930. The number of nitrogens with one attached hydrogen (secondary N) is 1. The lowest BCUT2D eigenvalue weighted by atomic mass is 10.0. The summed E-state index contributed by atoms with van der Waals surface area (Å²) in [5, 5.41) is 3.30. The van der Waals surface area contributed by atoms with Crippen LogP contribution in [0.4, 0.5) is 0 Å². The molecule has 0 aromatic carbocycles. The lowest BCUT2D eigenvalue weighted by molar-refractivity contribution is 0.226. The van der Waals surface area contributed by atoms with Crippen LogP contribution in [0.1, 0.15) is 5.56 Å². The number of hydrogen-bond donors (Lipinski definition) is 1. The van der Waals surface area contributed by atoms with Gasteiger partial charge in [0.1, 0.15) is 0 Å². The molecule has 1 aromatic rings. The van der Waals surface area contributed by atoms with Crippen LogP contribution in [0.3, 0.4) is 0 Å². The Morgan fingerprint density at radius 3 is 3.00 bits per heavy atom. The standard InChI is InChI=1S/C12H19N3/c1-15(10-12-8-14-9-12)6-4-11-3-2-5-13-7-11/h2-3,5,7,12,14H,4,6,8-10H2,1H3. The van der Waals surface area contributed by atoms with Gasteiger partial charge in [-0.2, -0.15) is 0 Å². The number of nitrogens with zero attached hydrogens (tertiary/aromatic N) is 2. The number of hydrogen-bond acceptors (Lipinski definition) is 3. The summed E-state index contributed by atoms with van der Waals surface area (Å²) in [5.74, 6) is 0.865. The van der Waals surface area contributed by atoms with E-state index in [9.17, 15) is 0 Å². The third-order valence-electron chi connectivity index (χ3n) is 2.94. The lowest BCUT2D eigenvalue weighted by Crippen LogP contribution is -2.47. The largest absolute Gasteiger partial charge is 0.316 e. The molecule has 0 amide bonds. The van der Waals surface area contributed by atoms with Crippen molar-refractivity contribution in [1.82, 2.24) is 15.2 Å². The van der Waals surface area contributed by atoms with Crippen molar-refractivity contribution in [2.24, 2.45) is 5.92 Å². The van der Waals surface area contributed by atoms with Gasteiger partial charge in [-0.3, -0.25) is 4.98 Å². The SMILES string of the molecule is CN(CCc1cccnc1)CC1CNC1. The lowest BCUT2D eigenvalue weighted by Gasteiger charge is -2.31. The first-order valence-corrected chi connectivity index (χ1v) is 5.63. The average Bonchev–Trinajstić information content (AvgIpc) is 2.22. The molecule has 1 fully saturated rings. The predicted molar refractivity (Wildman–Crippen MR) is 61.8 cm³/mol. The van der Waals surface area contributed by atoms with Gasteiger partial charge in [0.05, 0.1) is 0 Å². The molecule has 0 atom stereocenters. The van der Waals surface area contributed by atoms with E-state index in [2.05, 4.69) is 28.3 Å². The number of pyridine rings is 1. The molecule has 1 saturated heterocycles. The van der Waals surface area contributed by atoms with Crippen molar-refractivity contribution in [3.63, 3.8) is 0 Å². The van der Waals surface area contributed by atoms with Crippen LogP contribution in [0.5, 0.6) is 0 Å². The van der Waals surface area contributed by atoms with Gasteiger partial charge >= 0.3 is 0 Å². The fraction of sp³-hybridized carbons (Fsp3) is 0.583. The summed E-state index contributed by atoms with van der Waals surface area (Å²) in [4.78, 5) is 6.54. The van der Waals surface area contributed by atoms with Gasteiger partial charge in [0, 0.05) is 38.6 Å². The van der Waals surface area contributed by atoms with Crippen molar-refractivity contribution in [2.45, 2.75) is 6.42 Å². The van der Waals surface area contributed by atoms with Gasteiger partial charge in [-0.15, -0.1) is 0 Å². The van der Waals surface area contributed by atoms with E-state index in [1.807, 2.05) is 18.5 Å². The second-order valence-corrected chi connectivity index (χ2v) is 4.40. The molecule has 3 heteroatoms. The predicted octanol–water partition coefficient (Wildman–Crippen LogP) is 0.775. The highest BCUT2D eigenvalue weighted by atomic mass is 15.1. The van der Waals surface area contributed by atoms with E-state index in [-0.39, 0.29) is 0 Å². The molecule has 15 heavy (non-hydrogen) atoms. The smallest absolute Gasteiger partial charge is 0.0300 e. The molecule has 2 rings (SSSR count). The van der Waals surface area contributed by atoms with Crippen LogP contribution in [-0.2, 0) is 6.42 Å². The topological polar surface area (TPSA) is 28.2 Å². The van der Waals surface area contributed by atoms with Crippen molar-refractivity contribution in [1.29, 1.82) is 0 Å². The normalized spacial score (nSPS) is 16.7. The first-order chi connectivity index (χ1) is 7.34. The molecular formula is C12H19N3. The van der Waals surface area contributed by atoms with Crippen molar-refractivity contribution >= 4 is 0 Å². The molecule has 2 heterocycles. The molecule has 1 aliphatic heterocycles. The Morgan fingerprint density at radius 2 is 2.40 bits per heavy atom.